The molecule has 1 aromatic carbocycles. The molecule has 2 nitrogen and oxygen atoms in total. The van der Waals surface area contributed by atoms with Crippen LogP contribution in [0.3, 0.4) is 0 Å². The zero-order chi connectivity index (χ0) is 14.2. The van der Waals surface area contributed by atoms with Gasteiger partial charge in [0, 0.05) is 23.9 Å². The number of aromatic nitrogens is 2. The van der Waals surface area contributed by atoms with Crippen LogP contribution in [0.5, 0.6) is 0 Å². The summed E-state index contributed by atoms with van der Waals surface area (Å²) in [6.45, 7) is 3.43. The van der Waals surface area contributed by atoms with E-state index in [1.165, 1.54) is 31.2 Å². The minimum absolute atomic E-state index is 0.397. The first-order chi connectivity index (χ1) is 9.61. The summed E-state index contributed by atoms with van der Waals surface area (Å²) in [7, 11) is 0. The van der Waals surface area contributed by atoms with Crippen molar-refractivity contribution in [3.63, 3.8) is 0 Å². The van der Waals surface area contributed by atoms with Crippen LogP contribution in [-0.4, -0.2) is 15.4 Å². The largest absolute Gasteiger partial charge is 0.327 e. The van der Waals surface area contributed by atoms with E-state index in [4.69, 9.17) is 28.2 Å². The standard InChI is InChI=1S/C16H20Cl2N2/c1-16(7-2-3-8-16)11-20-14-5-4-12(18)10-13(14)19-15(20)6-9-17/h4-5,10H,2-3,6-9,11H2,1H3. The Bertz CT molecular complexity index is 612. The van der Waals surface area contributed by atoms with Crippen LogP contribution in [0, 0.1) is 5.41 Å². The molecular weight excluding hydrogens is 291 g/mol. The summed E-state index contributed by atoms with van der Waals surface area (Å²) < 4.78 is 2.36. The quantitative estimate of drug-likeness (QED) is 0.722. The molecule has 1 heterocycles. The molecule has 1 aliphatic carbocycles. The van der Waals surface area contributed by atoms with E-state index < -0.39 is 0 Å². The molecule has 0 spiro atoms. The number of rotatable bonds is 4. The van der Waals surface area contributed by atoms with Gasteiger partial charge in [-0.05, 0) is 36.5 Å². The van der Waals surface area contributed by atoms with Crippen LogP contribution >= 0.6 is 23.2 Å². The summed E-state index contributed by atoms with van der Waals surface area (Å²) >= 11 is 12.0. The maximum atomic E-state index is 6.08. The highest BCUT2D eigenvalue weighted by molar-refractivity contribution is 6.31. The minimum atomic E-state index is 0.397. The average Bonchev–Trinajstić information content (AvgIpc) is 2.96. The highest BCUT2D eigenvalue weighted by Gasteiger charge is 2.30. The maximum absolute atomic E-state index is 6.08. The lowest BCUT2D eigenvalue weighted by molar-refractivity contribution is 0.282. The molecule has 0 N–H and O–H groups in total. The summed E-state index contributed by atoms with van der Waals surface area (Å²) in [6.07, 6.45) is 6.12. The average molecular weight is 311 g/mol. The van der Waals surface area contributed by atoms with E-state index in [0.29, 0.717) is 11.3 Å². The zero-order valence-corrected chi connectivity index (χ0v) is 13.3. The molecule has 0 saturated heterocycles. The first kappa shape index (κ1) is 14.2. The minimum Gasteiger partial charge on any atom is -0.327 e. The normalized spacial score (nSPS) is 17.9. The van der Waals surface area contributed by atoms with Crippen molar-refractivity contribution < 1.29 is 0 Å². The molecule has 0 atom stereocenters. The second-order valence-electron chi connectivity index (χ2n) is 6.20. The van der Waals surface area contributed by atoms with Gasteiger partial charge in [-0.25, -0.2) is 4.98 Å². The summed E-state index contributed by atoms with van der Waals surface area (Å²) in [5, 5.41) is 0.742. The Morgan fingerprint density at radius 1 is 1.30 bits per heavy atom. The van der Waals surface area contributed by atoms with Gasteiger partial charge >= 0.3 is 0 Å². The van der Waals surface area contributed by atoms with Gasteiger partial charge in [0.1, 0.15) is 5.82 Å². The number of fused-ring (bicyclic) bond motifs is 1. The van der Waals surface area contributed by atoms with Crippen molar-refractivity contribution in [2.45, 2.75) is 45.6 Å². The first-order valence-electron chi connectivity index (χ1n) is 7.32. The van der Waals surface area contributed by atoms with Gasteiger partial charge in [-0.1, -0.05) is 31.4 Å². The summed E-state index contributed by atoms with van der Waals surface area (Å²) in [6, 6.07) is 5.98. The van der Waals surface area contributed by atoms with E-state index in [1.54, 1.807) is 0 Å². The number of hydrogen-bond acceptors (Lipinski definition) is 1. The van der Waals surface area contributed by atoms with Crippen LogP contribution in [0.4, 0.5) is 0 Å². The van der Waals surface area contributed by atoms with Crippen LogP contribution in [-0.2, 0) is 13.0 Å². The Kier molecular flexibility index (Phi) is 3.96. The molecule has 4 heteroatoms. The molecule has 0 radical (unpaired) electrons. The SMILES string of the molecule is CC1(Cn2c(CCCl)nc3cc(Cl)ccc32)CCCC1. The molecule has 20 heavy (non-hydrogen) atoms. The fourth-order valence-corrected chi connectivity index (χ4v) is 3.71. The summed E-state index contributed by atoms with van der Waals surface area (Å²) in [5.74, 6) is 1.69. The van der Waals surface area contributed by atoms with Crippen LogP contribution < -0.4 is 0 Å². The highest BCUT2D eigenvalue weighted by atomic mass is 35.5. The first-order valence-corrected chi connectivity index (χ1v) is 8.23. The van der Waals surface area contributed by atoms with Gasteiger partial charge in [0.25, 0.3) is 0 Å². The number of benzene rings is 1. The number of halogens is 2. The van der Waals surface area contributed by atoms with Crippen LogP contribution in [0.15, 0.2) is 18.2 Å². The Labute approximate surface area is 130 Å². The Morgan fingerprint density at radius 3 is 2.75 bits per heavy atom. The Balaban J connectivity index is 2.04. The molecule has 1 aliphatic rings. The topological polar surface area (TPSA) is 17.8 Å². The second-order valence-corrected chi connectivity index (χ2v) is 7.02. The van der Waals surface area contributed by atoms with E-state index in [9.17, 15) is 0 Å². The second kappa shape index (κ2) is 5.57. The Morgan fingerprint density at radius 2 is 2.05 bits per heavy atom. The molecule has 0 bridgehead atoms. The molecule has 0 unspecified atom stereocenters. The third kappa shape index (κ3) is 2.68. The fraction of sp³-hybridized carbons (Fsp3) is 0.562. The van der Waals surface area contributed by atoms with Gasteiger partial charge in [-0.3, -0.25) is 0 Å². The van der Waals surface area contributed by atoms with Crippen molar-refractivity contribution in [1.82, 2.24) is 9.55 Å². The van der Waals surface area contributed by atoms with Gasteiger partial charge in [-0.2, -0.15) is 0 Å². The van der Waals surface area contributed by atoms with Gasteiger partial charge in [0.05, 0.1) is 11.0 Å². The summed E-state index contributed by atoms with van der Waals surface area (Å²) in [5.41, 5.74) is 2.57. The third-order valence-corrected chi connectivity index (χ3v) is 4.88. The van der Waals surface area contributed by atoms with Crippen LogP contribution in [0.1, 0.15) is 38.4 Å². The summed E-state index contributed by atoms with van der Waals surface area (Å²) in [4.78, 5) is 4.73. The third-order valence-electron chi connectivity index (χ3n) is 4.46. The highest BCUT2D eigenvalue weighted by Crippen LogP contribution is 2.40. The van der Waals surface area contributed by atoms with Gasteiger partial charge in [-0.15, -0.1) is 11.6 Å². The van der Waals surface area contributed by atoms with Crippen molar-refractivity contribution >= 4 is 34.2 Å². The molecular formula is C16H20Cl2N2. The van der Waals surface area contributed by atoms with E-state index in [2.05, 4.69) is 17.6 Å². The van der Waals surface area contributed by atoms with Crippen molar-refractivity contribution in [2.75, 3.05) is 5.88 Å². The van der Waals surface area contributed by atoms with Crippen LogP contribution in [0.25, 0.3) is 11.0 Å². The molecule has 0 amide bonds. The van der Waals surface area contributed by atoms with E-state index in [0.717, 1.165) is 29.3 Å². The molecule has 2 aromatic rings. The molecule has 108 valence electrons. The van der Waals surface area contributed by atoms with Gasteiger partial charge < -0.3 is 4.57 Å². The molecule has 1 aromatic heterocycles. The molecule has 1 fully saturated rings. The number of aryl methyl sites for hydroxylation is 1. The number of hydrogen-bond donors (Lipinski definition) is 0. The lowest BCUT2D eigenvalue weighted by Crippen LogP contribution is -2.21. The predicted octanol–water partition coefficient (Wildman–Crippen LogP) is 5.05. The molecule has 3 rings (SSSR count). The Hall–Kier alpha value is -0.730. The lowest BCUT2D eigenvalue weighted by Gasteiger charge is -2.25. The maximum Gasteiger partial charge on any atom is 0.111 e. The van der Waals surface area contributed by atoms with Crippen molar-refractivity contribution in [1.29, 1.82) is 0 Å². The van der Waals surface area contributed by atoms with Crippen molar-refractivity contribution in [2.24, 2.45) is 5.41 Å². The number of imidazole rings is 1. The van der Waals surface area contributed by atoms with Gasteiger partial charge in [0.15, 0.2) is 0 Å². The van der Waals surface area contributed by atoms with E-state index in [-0.39, 0.29) is 0 Å². The molecule has 1 saturated carbocycles. The predicted molar refractivity (Wildman–Crippen MR) is 85.7 cm³/mol. The molecule has 0 aliphatic heterocycles. The number of nitrogens with zero attached hydrogens (tertiary/aromatic N) is 2. The zero-order valence-electron chi connectivity index (χ0n) is 11.8. The smallest absolute Gasteiger partial charge is 0.111 e. The van der Waals surface area contributed by atoms with Crippen LogP contribution in [0.2, 0.25) is 5.02 Å². The van der Waals surface area contributed by atoms with E-state index in [1.807, 2.05) is 12.1 Å². The van der Waals surface area contributed by atoms with Crippen molar-refractivity contribution in [3.8, 4) is 0 Å². The monoisotopic (exact) mass is 310 g/mol. The fourth-order valence-electron chi connectivity index (χ4n) is 3.37. The van der Waals surface area contributed by atoms with Crippen molar-refractivity contribution in [3.05, 3.63) is 29.0 Å². The lowest BCUT2D eigenvalue weighted by atomic mass is 9.88. The number of alkyl halides is 1. The van der Waals surface area contributed by atoms with E-state index >= 15 is 0 Å². The van der Waals surface area contributed by atoms with Gasteiger partial charge in [0.2, 0.25) is 0 Å².